The molecule has 0 radical (unpaired) electrons. The maximum atomic E-state index is 13.0. The van der Waals surface area contributed by atoms with Gasteiger partial charge in [0.25, 0.3) is 0 Å². The first-order valence-corrected chi connectivity index (χ1v) is 20.9. The summed E-state index contributed by atoms with van der Waals surface area (Å²) in [6, 6.07) is 7.65. The Kier molecular flexibility index (Phi) is 19.9. The van der Waals surface area contributed by atoms with E-state index in [9.17, 15) is 29.4 Å². The first-order valence-electron chi connectivity index (χ1n) is 20.9. The number of nitrogens with one attached hydrogen (secondary N) is 2. The van der Waals surface area contributed by atoms with Crippen LogP contribution in [-0.2, 0) is 52.3 Å². The molecule has 10 heteroatoms. The monoisotopic (exact) mass is 781 g/mol. The smallest absolute Gasteiger partial charge is 0.309 e. The van der Waals surface area contributed by atoms with Gasteiger partial charge in [-0.1, -0.05) is 118 Å². The molecule has 0 saturated carbocycles. The molecule has 0 fully saturated rings. The van der Waals surface area contributed by atoms with Crippen LogP contribution in [0.15, 0.2) is 24.3 Å². The lowest BCUT2D eigenvalue weighted by atomic mass is 9.83. The van der Waals surface area contributed by atoms with Crippen LogP contribution in [0.1, 0.15) is 166 Å². The number of unbranched alkanes of at least 4 members (excludes halogenated alkanes) is 6. The fourth-order valence-electron chi connectivity index (χ4n) is 6.70. The number of rotatable bonds is 22. The summed E-state index contributed by atoms with van der Waals surface area (Å²) in [5.74, 6) is -1.94. The largest absolute Gasteiger partial charge is 0.507 e. The number of aromatic hydroxyl groups is 2. The number of carbonyl (C=O) groups is 4. The van der Waals surface area contributed by atoms with Crippen LogP contribution in [-0.4, -0.2) is 59.3 Å². The zero-order chi connectivity index (χ0) is 42.1. The van der Waals surface area contributed by atoms with Crippen LogP contribution >= 0.6 is 0 Å². The molecular weight excluding hydrogens is 709 g/mol. The van der Waals surface area contributed by atoms with E-state index in [0.717, 1.165) is 84.7 Å². The van der Waals surface area contributed by atoms with Crippen molar-refractivity contribution in [3.63, 3.8) is 0 Å². The van der Waals surface area contributed by atoms with E-state index in [2.05, 4.69) is 24.5 Å². The van der Waals surface area contributed by atoms with Crippen molar-refractivity contribution in [1.29, 1.82) is 0 Å². The molecule has 56 heavy (non-hydrogen) atoms. The van der Waals surface area contributed by atoms with Crippen molar-refractivity contribution in [2.24, 2.45) is 0 Å². The number of carbonyl (C=O) groups excluding carboxylic acids is 4. The summed E-state index contributed by atoms with van der Waals surface area (Å²) in [5.41, 5.74) is 4.51. The highest BCUT2D eigenvalue weighted by Crippen LogP contribution is 2.35. The minimum atomic E-state index is -0.845. The quantitative estimate of drug-likeness (QED) is 0.0526. The standard InChI is InChI=1S/C46H72N2O8/c1-11-13-15-17-19-35(55-39(49)23-21-33-25-31(3)41(51)37(27-33)45(5,6)7)29-47-43(53)44(54)48-30-36(20-18-16-14-12-2)56-40(50)24-22-34-26-32(4)42(52)38(28-34)46(8,9)10/h25-28,35-36,51-52H,11-24,29-30H2,1-10H3,(H,47,53)(H,48,54). The van der Waals surface area contributed by atoms with E-state index in [1.165, 1.54) is 0 Å². The third-order valence-corrected chi connectivity index (χ3v) is 10.1. The van der Waals surface area contributed by atoms with Gasteiger partial charge in [0.2, 0.25) is 0 Å². The summed E-state index contributed by atoms with van der Waals surface area (Å²) in [6.07, 6.45) is 8.84. The Morgan fingerprint density at radius 1 is 0.589 bits per heavy atom. The van der Waals surface area contributed by atoms with Gasteiger partial charge >= 0.3 is 23.8 Å². The Morgan fingerprint density at radius 2 is 0.946 bits per heavy atom. The van der Waals surface area contributed by atoms with Crippen LogP contribution in [0, 0.1) is 13.8 Å². The van der Waals surface area contributed by atoms with Gasteiger partial charge in [0, 0.05) is 12.8 Å². The molecule has 314 valence electrons. The number of phenolic OH excluding ortho intramolecular Hbond substituents is 2. The molecule has 2 unspecified atom stereocenters. The third-order valence-electron chi connectivity index (χ3n) is 10.1. The first-order chi connectivity index (χ1) is 26.3. The van der Waals surface area contributed by atoms with Crippen molar-refractivity contribution in [1.82, 2.24) is 10.6 Å². The number of benzene rings is 2. The van der Waals surface area contributed by atoms with E-state index in [0.29, 0.717) is 25.7 Å². The average molecular weight is 781 g/mol. The lowest BCUT2D eigenvalue weighted by Crippen LogP contribution is -2.45. The topological polar surface area (TPSA) is 151 Å². The molecule has 10 nitrogen and oxygen atoms in total. The minimum absolute atomic E-state index is 0.000294. The van der Waals surface area contributed by atoms with Gasteiger partial charge in [-0.3, -0.25) is 19.2 Å². The molecule has 0 bridgehead atoms. The lowest BCUT2D eigenvalue weighted by Gasteiger charge is -2.23. The Morgan fingerprint density at radius 3 is 1.27 bits per heavy atom. The molecule has 2 rings (SSSR count). The Labute approximate surface area is 336 Å². The van der Waals surface area contributed by atoms with Crippen molar-refractivity contribution >= 4 is 23.8 Å². The maximum absolute atomic E-state index is 13.0. The van der Waals surface area contributed by atoms with Gasteiger partial charge in [0.1, 0.15) is 23.7 Å². The van der Waals surface area contributed by atoms with E-state index >= 15 is 0 Å². The Bertz CT molecular complexity index is 1470. The molecule has 2 amide bonds. The number of aryl methyl sites for hydroxylation is 4. The molecule has 2 aromatic rings. The van der Waals surface area contributed by atoms with Gasteiger partial charge in [0.15, 0.2) is 0 Å². The van der Waals surface area contributed by atoms with Crippen molar-refractivity contribution in [2.75, 3.05) is 13.1 Å². The second-order valence-corrected chi connectivity index (χ2v) is 17.5. The predicted octanol–water partition coefficient (Wildman–Crippen LogP) is 8.87. The van der Waals surface area contributed by atoms with Crippen LogP contribution in [0.25, 0.3) is 0 Å². The summed E-state index contributed by atoms with van der Waals surface area (Å²) < 4.78 is 11.7. The average Bonchev–Trinajstić information content (AvgIpc) is 3.12. The van der Waals surface area contributed by atoms with Gasteiger partial charge in [-0.05, 0) is 96.6 Å². The van der Waals surface area contributed by atoms with E-state index < -0.39 is 36.0 Å². The number of amides is 2. The molecule has 2 aromatic carbocycles. The molecule has 0 spiro atoms. The molecule has 0 aliphatic carbocycles. The summed E-state index contributed by atoms with van der Waals surface area (Å²) in [6.45, 7) is 20.1. The summed E-state index contributed by atoms with van der Waals surface area (Å²) >= 11 is 0. The van der Waals surface area contributed by atoms with Crippen LogP contribution < -0.4 is 10.6 Å². The van der Waals surface area contributed by atoms with Gasteiger partial charge in [-0.25, -0.2) is 0 Å². The lowest BCUT2D eigenvalue weighted by molar-refractivity contribution is -0.151. The molecular formula is C46H72N2O8. The Hall–Kier alpha value is -4.08. The van der Waals surface area contributed by atoms with Crippen LogP contribution in [0.2, 0.25) is 0 Å². The zero-order valence-corrected chi connectivity index (χ0v) is 36.1. The van der Waals surface area contributed by atoms with Crippen molar-refractivity contribution in [2.45, 2.75) is 182 Å². The molecule has 0 aliphatic rings. The summed E-state index contributed by atoms with van der Waals surface area (Å²) in [4.78, 5) is 51.9. The van der Waals surface area contributed by atoms with E-state index in [1.54, 1.807) is 0 Å². The number of hydrogen-bond donors (Lipinski definition) is 4. The van der Waals surface area contributed by atoms with Gasteiger partial charge in [-0.15, -0.1) is 0 Å². The fraction of sp³-hybridized carbons (Fsp3) is 0.652. The normalized spacial score (nSPS) is 12.8. The Balaban J connectivity index is 1.99. The van der Waals surface area contributed by atoms with E-state index in [4.69, 9.17) is 9.47 Å². The number of hydrogen-bond acceptors (Lipinski definition) is 8. The second kappa shape index (κ2) is 23.2. The fourth-order valence-corrected chi connectivity index (χ4v) is 6.70. The third kappa shape index (κ3) is 17.0. The molecule has 0 aromatic heterocycles. The minimum Gasteiger partial charge on any atom is -0.507 e. The van der Waals surface area contributed by atoms with Crippen molar-refractivity contribution in [3.8, 4) is 11.5 Å². The van der Waals surface area contributed by atoms with Gasteiger partial charge in [0.05, 0.1) is 13.1 Å². The van der Waals surface area contributed by atoms with Crippen LogP contribution in [0.4, 0.5) is 0 Å². The predicted molar refractivity (Wildman–Crippen MR) is 223 cm³/mol. The van der Waals surface area contributed by atoms with Crippen LogP contribution in [0.3, 0.4) is 0 Å². The molecule has 4 N–H and O–H groups in total. The number of esters is 2. The van der Waals surface area contributed by atoms with Crippen molar-refractivity contribution < 1.29 is 38.9 Å². The molecule has 2 atom stereocenters. The number of ether oxygens (including phenoxy) is 2. The van der Waals surface area contributed by atoms with Gasteiger partial charge < -0.3 is 30.3 Å². The zero-order valence-electron chi connectivity index (χ0n) is 36.1. The first kappa shape index (κ1) is 48.1. The van der Waals surface area contributed by atoms with Gasteiger partial charge in [-0.2, -0.15) is 0 Å². The molecule has 0 saturated heterocycles. The van der Waals surface area contributed by atoms with E-state index in [1.807, 2.05) is 79.7 Å². The summed E-state index contributed by atoms with van der Waals surface area (Å²) in [5, 5.41) is 26.5. The molecule has 0 aliphatic heterocycles. The summed E-state index contributed by atoms with van der Waals surface area (Å²) in [7, 11) is 0. The molecule has 0 heterocycles. The highest BCUT2D eigenvalue weighted by atomic mass is 16.5. The SMILES string of the molecule is CCCCCCC(CNC(=O)C(=O)NCC(CCCCCC)OC(=O)CCc1cc(C)c(O)c(C(C)(C)C)c1)OC(=O)CCc1cc(C)c(O)c(C(C)(C)C)c1. The maximum Gasteiger partial charge on any atom is 0.309 e. The second-order valence-electron chi connectivity index (χ2n) is 17.5. The van der Waals surface area contributed by atoms with E-state index in [-0.39, 0.29) is 48.3 Å². The van der Waals surface area contributed by atoms with Crippen LogP contribution in [0.5, 0.6) is 11.5 Å². The highest BCUT2D eigenvalue weighted by molar-refractivity contribution is 6.35. The highest BCUT2D eigenvalue weighted by Gasteiger charge is 2.24. The number of phenols is 2. The van der Waals surface area contributed by atoms with Crippen molar-refractivity contribution in [3.05, 3.63) is 57.6 Å².